The van der Waals surface area contributed by atoms with Crippen molar-refractivity contribution in [3.8, 4) is 0 Å². The molecule has 0 amide bonds. The highest BCUT2D eigenvalue weighted by atomic mass is 16.6. The molecule has 80 valence electrons. The molecule has 0 spiro atoms. The van der Waals surface area contributed by atoms with Gasteiger partial charge in [0.05, 0.1) is 13.2 Å². The molecule has 0 unspecified atom stereocenters. The van der Waals surface area contributed by atoms with Crippen molar-refractivity contribution in [1.29, 1.82) is 0 Å². The van der Waals surface area contributed by atoms with Gasteiger partial charge in [-0.3, -0.25) is 0 Å². The molecule has 0 aromatic heterocycles. The van der Waals surface area contributed by atoms with Crippen LogP contribution in [-0.2, 0) is 4.74 Å². The Bertz CT molecular complexity index is 128. The van der Waals surface area contributed by atoms with E-state index >= 15 is 0 Å². The van der Waals surface area contributed by atoms with Crippen LogP contribution >= 0.6 is 0 Å². The van der Waals surface area contributed by atoms with Gasteiger partial charge < -0.3 is 35.4 Å². The summed E-state index contributed by atoms with van der Waals surface area (Å²) in [5.74, 6) is -4.82. The molecule has 7 nitrogen and oxygen atoms in total. The Hall–Kier alpha value is -0.280. The van der Waals surface area contributed by atoms with Crippen molar-refractivity contribution < 1.29 is 35.4 Å². The van der Waals surface area contributed by atoms with E-state index in [9.17, 15) is 0 Å². The van der Waals surface area contributed by atoms with Crippen LogP contribution in [0.15, 0.2) is 0 Å². The first-order valence-corrected chi connectivity index (χ1v) is 3.52. The number of rotatable bonds is 6. The van der Waals surface area contributed by atoms with Crippen LogP contribution in [0.25, 0.3) is 0 Å². The minimum absolute atomic E-state index is 0.688. The van der Waals surface area contributed by atoms with Crippen molar-refractivity contribution in [3.05, 3.63) is 0 Å². The van der Waals surface area contributed by atoms with Crippen molar-refractivity contribution >= 4 is 0 Å². The molecule has 0 fully saturated rings. The fraction of sp³-hybridized carbons (Fsp3) is 1.00. The van der Waals surface area contributed by atoms with Gasteiger partial charge in [-0.1, -0.05) is 0 Å². The molecule has 0 aromatic carbocycles. The second-order valence-corrected chi connectivity index (χ2v) is 2.77. The van der Waals surface area contributed by atoms with Gasteiger partial charge in [0, 0.05) is 0 Å². The number of hydrogen-bond acceptors (Lipinski definition) is 7. The summed E-state index contributed by atoms with van der Waals surface area (Å²) >= 11 is 0. The van der Waals surface area contributed by atoms with E-state index in [2.05, 4.69) is 4.74 Å². The highest BCUT2D eigenvalue weighted by molar-refractivity contribution is 4.64. The molecular formula is C6H14O7. The molecule has 6 N–H and O–H groups in total. The van der Waals surface area contributed by atoms with Crippen LogP contribution in [0.3, 0.4) is 0 Å². The SMILES string of the molecule is OCC(O)(O)COCC(O)(O)CO. The third kappa shape index (κ3) is 5.88. The van der Waals surface area contributed by atoms with E-state index < -0.39 is 38.0 Å². The zero-order valence-corrected chi connectivity index (χ0v) is 6.92. The largest absolute Gasteiger partial charge is 0.391 e. The van der Waals surface area contributed by atoms with E-state index in [-0.39, 0.29) is 0 Å². The first-order chi connectivity index (χ1) is 5.83. The Morgan fingerprint density at radius 2 is 1.08 bits per heavy atom. The van der Waals surface area contributed by atoms with Crippen molar-refractivity contribution in [2.45, 2.75) is 11.6 Å². The monoisotopic (exact) mass is 198 g/mol. The van der Waals surface area contributed by atoms with Crippen LogP contribution in [0.5, 0.6) is 0 Å². The smallest absolute Gasteiger partial charge is 0.210 e. The normalized spacial score (nSPS) is 13.4. The summed E-state index contributed by atoms with van der Waals surface area (Å²) in [6, 6.07) is 0. The molecule has 0 saturated heterocycles. The van der Waals surface area contributed by atoms with Crippen LogP contribution in [0.1, 0.15) is 0 Å². The average molecular weight is 198 g/mol. The number of ether oxygens (including phenoxy) is 1. The minimum atomic E-state index is -2.41. The maximum absolute atomic E-state index is 8.75. The van der Waals surface area contributed by atoms with Gasteiger partial charge in [0.1, 0.15) is 13.2 Å². The Morgan fingerprint density at radius 1 is 0.769 bits per heavy atom. The summed E-state index contributed by atoms with van der Waals surface area (Å²) in [5, 5.41) is 51.6. The molecule has 0 radical (unpaired) electrons. The molecule has 0 bridgehead atoms. The first kappa shape index (κ1) is 12.7. The zero-order chi connectivity index (χ0) is 10.5. The maximum atomic E-state index is 8.75. The van der Waals surface area contributed by atoms with Crippen LogP contribution in [0.2, 0.25) is 0 Å². The van der Waals surface area contributed by atoms with Crippen LogP contribution in [0.4, 0.5) is 0 Å². The van der Waals surface area contributed by atoms with Crippen molar-refractivity contribution in [1.82, 2.24) is 0 Å². The Morgan fingerprint density at radius 3 is 1.31 bits per heavy atom. The van der Waals surface area contributed by atoms with Gasteiger partial charge in [0.15, 0.2) is 0 Å². The van der Waals surface area contributed by atoms with E-state index in [1.807, 2.05) is 0 Å². The van der Waals surface area contributed by atoms with E-state index in [1.165, 1.54) is 0 Å². The van der Waals surface area contributed by atoms with Crippen LogP contribution in [-0.4, -0.2) is 68.6 Å². The molecule has 0 aromatic rings. The fourth-order valence-corrected chi connectivity index (χ4v) is 0.469. The maximum Gasteiger partial charge on any atom is 0.210 e. The third-order valence-corrected chi connectivity index (χ3v) is 1.17. The molecule has 0 aliphatic carbocycles. The Labute approximate surface area is 74.4 Å². The predicted octanol–water partition coefficient (Wildman–Crippen LogP) is -3.65. The van der Waals surface area contributed by atoms with E-state index in [0.29, 0.717) is 0 Å². The van der Waals surface area contributed by atoms with E-state index in [4.69, 9.17) is 30.6 Å². The number of aliphatic hydroxyl groups is 6. The molecule has 0 rings (SSSR count). The predicted molar refractivity (Wildman–Crippen MR) is 39.3 cm³/mol. The van der Waals surface area contributed by atoms with E-state index in [0.717, 1.165) is 0 Å². The van der Waals surface area contributed by atoms with Gasteiger partial charge in [-0.25, -0.2) is 0 Å². The summed E-state index contributed by atoms with van der Waals surface area (Å²) < 4.78 is 4.42. The van der Waals surface area contributed by atoms with Gasteiger partial charge in [-0.15, -0.1) is 0 Å². The third-order valence-electron chi connectivity index (χ3n) is 1.17. The highest BCUT2D eigenvalue weighted by Crippen LogP contribution is 2.02. The zero-order valence-electron chi connectivity index (χ0n) is 6.92. The summed E-state index contributed by atoms with van der Waals surface area (Å²) in [7, 11) is 0. The Balaban J connectivity index is 3.68. The topological polar surface area (TPSA) is 131 Å². The summed E-state index contributed by atoms with van der Waals surface area (Å²) in [4.78, 5) is 0. The molecule has 0 heterocycles. The summed E-state index contributed by atoms with van der Waals surface area (Å²) in [6.45, 7) is -3.25. The van der Waals surface area contributed by atoms with Crippen molar-refractivity contribution in [2.24, 2.45) is 0 Å². The molecular weight excluding hydrogens is 184 g/mol. The lowest BCUT2D eigenvalue weighted by Gasteiger charge is -2.22. The second kappa shape index (κ2) is 4.82. The van der Waals surface area contributed by atoms with E-state index in [1.54, 1.807) is 0 Å². The molecule has 0 aliphatic heterocycles. The quantitative estimate of drug-likeness (QED) is 0.243. The minimum Gasteiger partial charge on any atom is -0.391 e. The van der Waals surface area contributed by atoms with Gasteiger partial charge in [-0.2, -0.15) is 0 Å². The van der Waals surface area contributed by atoms with Crippen LogP contribution in [0, 0.1) is 0 Å². The summed E-state index contributed by atoms with van der Waals surface area (Å²) in [6.07, 6.45) is 0. The second-order valence-electron chi connectivity index (χ2n) is 2.77. The Kier molecular flexibility index (Phi) is 4.71. The van der Waals surface area contributed by atoms with Crippen LogP contribution < -0.4 is 0 Å². The highest BCUT2D eigenvalue weighted by Gasteiger charge is 2.26. The summed E-state index contributed by atoms with van der Waals surface area (Å²) in [5.41, 5.74) is 0. The number of hydrogen-bond donors (Lipinski definition) is 6. The van der Waals surface area contributed by atoms with Crippen molar-refractivity contribution in [2.75, 3.05) is 26.4 Å². The van der Waals surface area contributed by atoms with Gasteiger partial charge in [0.2, 0.25) is 11.6 Å². The molecule has 0 atom stereocenters. The van der Waals surface area contributed by atoms with Gasteiger partial charge >= 0.3 is 0 Å². The first-order valence-electron chi connectivity index (χ1n) is 3.52. The van der Waals surface area contributed by atoms with Gasteiger partial charge in [-0.05, 0) is 0 Å². The molecule has 0 aliphatic rings. The number of aliphatic hydroxyl groups excluding tert-OH is 2. The standard InChI is InChI=1S/C6H14O7/c7-1-5(9,10)3-13-4-6(11,12)2-8/h7-12H,1-4H2. The molecule has 0 saturated carbocycles. The fourth-order valence-electron chi connectivity index (χ4n) is 0.469. The lowest BCUT2D eigenvalue weighted by atomic mass is 10.3. The molecule has 13 heavy (non-hydrogen) atoms. The average Bonchev–Trinajstić information content (AvgIpc) is 2.04. The van der Waals surface area contributed by atoms with Crippen molar-refractivity contribution in [3.63, 3.8) is 0 Å². The van der Waals surface area contributed by atoms with Gasteiger partial charge in [0.25, 0.3) is 0 Å². The lowest BCUT2D eigenvalue weighted by Crippen LogP contribution is -2.43. The lowest BCUT2D eigenvalue weighted by molar-refractivity contribution is -0.256. The molecule has 7 heteroatoms.